The smallest absolute Gasteiger partial charge is 0.322 e. The second-order valence-electron chi connectivity index (χ2n) is 6.39. The second kappa shape index (κ2) is 8.67. The van der Waals surface area contributed by atoms with Crippen LogP contribution < -0.4 is 5.32 Å². The maximum atomic E-state index is 12.5. The van der Waals surface area contributed by atoms with Gasteiger partial charge in [-0.1, -0.05) is 37.3 Å². The second-order valence-corrected chi connectivity index (χ2v) is 6.39. The van der Waals surface area contributed by atoms with E-state index >= 15 is 0 Å². The average molecular weight is 342 g/mol. The Morgan fingerprint density at radius 2 is 2.20 bits per heavy atom. The molecule has 2 aromatic rings. The predicted octanol–water partition coefficient (Wildman–Crippen LogP) is 3.16. The van der Waals surface area contributed by atoms with Gasteiger partial charge in [0.1, 0.15) is 0 Å². The number of benzene rings is 1. The molecular weight excluding hydrogens is 316 g/mol. The lowest BCUT2D eigenvalue weighted by Crippen LogP contribution is -2.47. The third kappa shape index (κ3) is 5.06. The molecule has 1 atom stereocenters. The molecule has 134 valence electrons. The number of carbonyl (C=O) groups excluding carboxylic acids is 1. The molecule has 1 aliphatic rings. The van der Waals surface area contributed by atoms with Crippen molar-refractivity contribution in [2.75, 3.05) is 25.0 Å². The number of aromatic nitrogens is 2. The molecule has 6 heteroatoms. The average Bonchev–Trinajstić information content (AvgIpc) is 3.08. The van der Waals surface area contributed by atoms with Gasteiger partial charge in [0, 0.05) is 25.8 Å². The van der Waals surface area contributed by atoms with E-state index in [-0.39, 0.29) is 12.1 Å². The van der Waals surface area contributed by atoms with Crippen LogP contribution in [0.3, 0.4) is 0 Å². The van der Waals surface area contributed by atoms with Crippen LogP contribution in [0.1, 0.15) is 25.3 Å². The maximum Gasteiger partial charge on any atom is 0.322 e. The lowest BCUT2D eigenvalue weighted by atomic mass is 10.1. The number of nitrogens with zero attached hydrogens (tertiary/aromatic N) is 3. The number of anilines is 1. The van der Waals surface area contributed by atoms with Crippen molar-refractivity contribution in [1.82, 2.24) is 14.7 Å². The van der Waals surface area contributed by atoms with E-state index in [4.69, 9.17) is 4.74 Å². The molecule has 0 spiro atoms. The minimum absolute atomic E-state index is 0.0796. The van der Waals surface area contributed by atoms with Gasteiger partial charge < -0.3 is 15.0 Å². The molecule has 0 bridgehead atoms. The minimum Gasteiger partial charge on any atom is -0.375 e. The molecule has 1 aliphatic heterocycles. The largest absolute Gasteiger partial charge is 0.375 e. The quantitative estimate of drug-likeness (QED) is 0.877. The fourth-order valence-electron chi connectivity index (χ4n) is 3.03. The first-order chi connectivity index (χ1) is 12.2. The fraction of sp³-hybridized carbons (Fsp3) is 0.474. The number of nitrogens with one attached hydrogen (secondary N) is 1. The topological polar surface area (TPSA) is 59.4 Å². The van der Waals surface area contributed by atoms with E-state index in [0.29, 0.717) is 19.7 Å². The Morgan fingerprint density at radius 1 is 1.36 bits per heavy atom. The van der Waals surface area contributed by atoms with E-state index in [1.54, 1.807) is 6.20 Å². The van der Waals surface area contributed by atoms with Crippen LogP contribution >= 0.6 is 0 Å². The summed E-state index contributed by atoms with van der Waals surface area (Å²) in [5.74, 6) is 0. The van der Waals surface area contributed by atoms with Crippen molar-refractivity contribution in [3.05, 3.63) is 48.3 Å². The van der Waals surface area contributed by atoms with Gasteiger partial charge in [-0.25, -0.2) is 4.79 Å². The Hall–Kier alpha value is -2.34. The van der Waals surface area contributed by atoms with Gasteiger partial charge in [-0.15, -0.1) is 0 Å². The zero-order chi connectivity index (χ0) is 17.5. The lowest BCUT2D eigenvalue weighted by Gasteiger charge is -2.33. The van der Waals surface area contributed by atoms with Crippen molar-refractivity contribution < 1.29 is 9.53 Å². The zero-order valence-corrected chi connectivity index (χ0v) is 14.7. The third-order valence-corrected chi connectivity index (χ3v) is 4.36. The first-order valence-corrected chi connectivity index (χ1v) is 8.98. The molecule has 1 saturated heterocycles. The highest BCUT2D eigenvalue weighted by atomic mass is 16.5. The molecule has 2 amide bonds. The summed E-state index contributed by atoms with van der Waals surface area (Å²) in [4.78, 5) is 14.3. The molecule has 0 unspecified atom stereocenters. The monoisotopic (exact) mass is 342 g/mol. The number of aryl methyl sites for hydroxylation is 2. The highest BCUT2D eigenvalue weighted by molar-refractivity contribution is 5.89. The fourth-order valence-corrected chi connectivity index (χ4v) is 3.03. The van der Waals surface area contributed by atoms with Crippen LogP contribution in [0.4, 0.5) is 10.5 Å². The number of amides is 2. The Bertz CT molecular complexity index is 671. The van der Waals surface area contributed by atoms with Crippen LogP contribution in [0.25, 0.3) is 0 Å². The van der Waals surface area contributed by atoms with E-state index in [1.807, 2.05) is 21.8 Å². The zero-order valence-electron chi connectivity index (χ0n) is 14.7. The molecule has 0 radical (unpaired) electrons. The number of rotatable bonds is 6. The number of carbonyl (C=O) groups is 1. The minimum atomic E-state index is -0.0796. The molecule has 0 aliphatic carbocycles. The molecule has 1 fully saturated rings. The van der Waals surface area contributed by atoms with Gasteiger partial charge in [0.05, 0.1) is 24.6 Å². The van der Waals surface area contributed by atoms with E-state index in [1.165, 1.54) is 5.56 Å². The number of hydrogen-bond acceptors (Lipinski definition) is 3. The van der Waals surface area contributed by atoms with Crippen molar-refractivity contribution in [2.24, 2.45) is 0 Å². The Morgan fingerprint density at radius 3 is 3.00 bits per heavy atom. The number of morpholine rings is 1. The van der Waals surface area contributed by atoms with Gasteiger partial charge in [-0.3, -0.25) is 4.68 Å². The standard InChI is InChI=1S/C19H26N4O2/c1-2-10-23-14-17(13-20-23)21-19(24)22-11-12-25-18(15-22)9-8-16-6-4-3-5-7-16/h3-7,13-14,18H,2,8-12,15H2,1H3,(H,21,24)/t18-/m1/s1. The molecule has 6 nitrogen and oxygen atoms in total. The van der Waals surface area contributed by atoms with Crippen LogP contribution in [-0.4, -0.2) is 46.5 Å². The molecule has 0 saturated carbocycles. The Kier molecular flexibility index (Phi) is 6.06. The highest BCUT2D eigenvalue weighted by Crippen LogP contribution is 2.14. The molecule has 3 rings (SSSR count). The molecule has 1 N–H and O–H groups in total. The number of ether oxygens (including phenoxy) is 1. The lowest BCUT2D eigenvalue weighted by molar-refractivity contribution is -0.0157. The summed E-state index contributed by atoms with van der Waals surface area (Å²) < 4.78 is 7.67. The normalized spacial score (nSPS) is 17.5. The maximum absolute atomic E-state index is 12.5. The summed E-state index contributed by atoms with van der Waals surface area (Å²) >= 11 is 0. The first-order valence-electron chi connectivity index (χ1n) is 8.98. The van der Waals surface area contributed by atoms with Gasteiger partial charge >= 0.3 is 6.03 Å². The number of urea groups is 1. The van der Waals surface area contributed by atoms with Crippen LogP contribution in [-0.2, 0) is 17.7 Å². The van der Waals surface area contributed by atoms with Gasteiger partial charge in [-0.05, 0) is 24.8 Å². The van der Waals surface area contributed by atoms with Crippen LogP contribution in [0, 0.1) is 0 Å². The van der Waals surface area contributed by atoms with Crippen LogP contribution in [0.5, 0.6) is 0 Å². The summed E-state index contributed by atoms with van der Waals surface area (Å²) in [6.45, 7) is 4.79. The molecule has 1 aromatic carbocycles. The summed E-state index contributed by atoms with van der Waals surface area (Å²) in [7, 11) is 0. The Balaban J connectivity index is 1.49. The predicted molar refractivity (Wildman–Crippen MR) is 97.6 cm³/mol. The van der Waals surface area contributed by atoms with Crippen LogP contribution in [0.15, 0.2) is 42.7 Å². The van der Waals surface area contributed by atoms with Crippen molar-refractivity contribution in [2.45, 2.75) is 38.8 Å². The van der Waals surface area contributed by atoms with Gasteiger partial charge in [0.15, 0.2) is 0 Å². The van der Waals surface area contributed by atoms with Gasteiger partial charge in [-0.2, -0.15) is 5.10 Å². The SMILES string of the molecule is CCCn1cc(NC(=O)N2CCO[C@H](CCc3ccccc3)C2)cn1. The van der Waals surface area contributed by atoms with E-state index in [9.17, 15) is 4.79 Å². The van der Waals surface area contributed by atoms with E-state index < -0.39 is 0 Å². The summed E-state index contributed by atoms with van der Waals surface area (Å²) in [6, 6.07) is 10.3. The molecule has 2 heterocycles. The van der Waals surface area contributed by atoms with E-state index in [2.05, 4.69) is 41.6 Å². The molecule has 1 aromatic heterocycles. The summed E-state index contributed by atoms with van der Waals surface area (Å²) in [5, 5.41) is 7.17. The van der Waals surface area contributed by atoms with Crippen molar-refractivity contribution in [3.63, 3.8) is 0 Å². The highest BCUT2D eigenvalue weighted by Gasteiger charge is 2.24. The van der Waals surface area contributed by atoms with Crippen molar-refractivity contribution >= 4 is 11.7 Å². The number of hydrogen-bond donors (Lipinski definition) is 1. The molecular formula is C19H26N4O2. The molecule has 25 heavy (non-hydrogen) atoms. The Labute approximate surface area is 148 Å². The first kappa shape index (κ1) is 17.5. The van der Waals surface area contributed by atoms with Crippen molar-refractivity contribution in [1.29, 1.82) is 0 Å². The summed E-state index contributed by atoms with van der Waals surface area (Å²) in [5.41, 5.74) is 2.04. The summed E-state index contributed by atoms with van der Waals surface area (Å²) in [6.07, 6.45) is 6.55. The van der Waals surface area contributed by atoms with Crippen LogP contribution in [0.2, 0.25) is 0 Å². The van der Waals surface area contributed by atoms with Gasteiger partial charge in [0.2, 0.25) is 0 Å². The van der Waals surface area contributed by atoms with Gasteiger partial charge in [0.25, 0.3) is 0 Å². The van der Waals surface area contributed by atoms with Crippen molar-refractivity contribution in [3.8, 4) is 0 Å². The third-order valence-electron chi connectivity index (χ3n) is 4.36. The van der Waals surface area contributed by atoms with E-state index in [0.717, 1.165) is 31.5 Å².